The molecule has 0 atom stereocenters. The van der Waals surface area contributed by atoms with E-state index in [-0.39, 0.29) is 23.0 Å². The molecule has 156 valence electrons. The van der Waals surface area contributed by atoms with Crippen LogP contribution >= 0.6 is 0 Å². The van der Waals surface area contributed by atoms with Gasteiger partial charge in [0.25, 0.3) is 5.91 Å². The van der Waals surface area contributed by atoms with Gasteiger partial charge in [0.1, 0.15) is 23.0 Å². The fourth-order valence-electron chi connectivity index (χ4n) is 3.33. The Bertz CT molecular complexity index is 1170. The number of carbonyl (C=O) groups is 1. The number of methoxy groups -OCH3 is 1. The van der Waals surface area contributed by atoms with E-state index in [2.05, 4.69) is 4.99 Å². The minimum Gasteiger partial charge on any atom is -0.497 e. The van der Waals surface area contributed by atoms with E-state index in [4.69, 9.17) is 9.47 Å². The number of hydrogen-bond donors (Lipinski definition) is 0. The molecular formula is C25H21FN2O3. The molecule has 3 aromatic rings. The van der Waals surface area contributed by atoms with Crippen molar-refractivity contribution < 1.29 is 18.7 Å². The molecule has 0 unspecified atom stereocenters. The van der Waals surface area contributed by atoms with E-state index in [1.54, 1.807) is 61.7 Å². The standard InChI is InChI=1S/C25H21FN2O3/c1-3-31-19-13-11-18(12-14-19)28-24(21-9-4-5-10-22(21)26)27-23(25(28)29)16-17-7-6-8-20(15-17)30-2/h4-16H,3H2,1-2H3/b23-16+. The van der Waals surface area contributed by atoms with Gasteiger partial charge >= 0.3 is 0 Å². The lowest BCUT2D eigenvalue weighted by molar-refractivity contribution is -0.113. The Morgan fingerprint density at radius 2 is 1.77 bits per heavy atom. The van der Waals surface area contributed by atoms with Gasteiger partial charge in [-0.2, -0.15) is 0 Å². The van der Waals surface area contributed by atoms with Crippen LogP contribution in [0.2, 0.25) is 0 Å². The van der Waals surface area contributed by atoms with Crippen molar-refractivity contribution in [3.8, 4) is 11.5 Å². The predicted molar refractivity (Wildman–Crippen MR) is 119 cm³/mol. The zero-order chi connectivity index (χ0) is 21.8. The van der Waals surface area contributed by atoms with Crippen LogP contribution in [0.3, 0.4) is 0 Å². The predicted octanol–water partition coefficient (Wildman–Crippen LogP) is 5.07. The molecule has 0 aromatic heterocycles. The first-order valence-electron chi connectivity index (χ1n) is 9.87. The largest absolute Gasteiger partial charge is 0.497 e. The minimum absolute atomic E-state index is 0.209. The molecule has 1 aliphatic rings. The van der Waals surface area contributed by atoms with Crippen LogP contribution in [0.5, 0.6) is 11.5 Å². The number of halogens is 1. The first-order valence-corrected chi connectivity index (χ1v) is 9.87. The van der Waals surface area contributed by atoms with E-state index in [1.165, 1.54) is 11.0 Å². The number of carbonyl (C=O) groups excluding carboxylic acids is 1. The summed E-state index contributed by atoms with van der Waals surface area (Å²) in [7, 11) is 1.58. The lowest BCUT2D eigenvalue weighted by Crippen LogP contribution is -2.33. The fourth-order valence-corrected chi connectivity index (χ4v) is 3.33. The monoisotopic (exact) mass is 416 g/mol. The highest BCUT2D eigenvalue weighted by Crippen LogP contribution is 2.30. The average molecular weight is 416 g/mol. The summed E-state index contributed by atoms with van der Waals surface area (Å²) in [6, 6.07) is 20.6. The van der Waals surface area contributed by atoms with Gasteiger partial charge in [0.2, 0.25) is 0 Å². The third kappa shape index (κ3) is 4.19. The maximum Gasteiger partial charge on any atom is 0.282 e. The highest BCUT2D eigenvalue weighted by molar-refractivity contribution is 6.33. The van der Waals surface area contributed by atoms with Gasteiger partial charge in [-0.05, 0) is 67.1 Å². The molecule has 0 bridgehead atoms. The molecule has 0 saturated heterocycles. The first kappa shape index (κ1) is 20.3. The van der Waals surface area contributed by atoms with E-state index in [1.807, 2.05) is 25.1 Å². The smallest absolute Gasteiger partial charge is 0.282 e. The number of anilines is 1. The molecule has 0 N–H and O–H groups in total. The molecule has 0 aliphatic carbocycles. The Labute approximate surface area is 180 Å². The van der Waals surface area contributed by atoms with Crippen molar-refractivity contribution in [3.63, 3.8) is 0 Å². The van der Waals surface area contributed by atoms with E-state index in [9.17, 15) is 9.18 Å². The van der Waals surface area contributed by atoms with Gasteiger partial charge in [-0.1, -0.05) is 24.3 Å². The molecule has 5 nitrogen and oxygen atoms in total. The second-order valence-corrected chi connectivity index (χ2v) is 6.79. The van der Waals surface area contributed by atoms with Crippen molar-refractivity contribution in [1.82, 2.24) is 0 Å². The number of amides is 1. The lowest BCUT2D eigenvalue weighted by atomic mass is 10.1. The van der Waals surface area contributed by atoms with Crippen molar-refractivity contribution in [2.24, 2.45) is 4.99 Å². The van der Waals surface area contributed by atoms with Crippen molar-refractivity contribution in [1.29, 1.82) is 0 Å². The maximum absolute atomic E-state index is 14.6. The quantitative estimate of drug-likeness (QED) is 0.528. The van der Waals surface area contributed by atoms with Crippen LogP contribution in [0.4, 0.5) is 10.1 Å². The fraction of sp³-hybridized carbons (Fsp3) is 0.120. The summed E-state index contributed by atoms with van der Waals surface area (Å²) in [5.74, 6) is 0.801. The van der Waals surface area contributed by atoms with Crippen LogP contribution in [0, 0.1) is 5.82 Å². The summed E-state index contributed by atoms with van der Waals surface area (Å²) in [6.45, 7) is 2.44. The molecule has 0 radical (unpaired) electrons. The molecule has 31 heavy (non-hydrogen) atoms. The molecule has 0 saturated carbocycles. The van der Waals surface area contributed by atoms with Crippen molar-refractivity contribution in [3.05, 3.63) is 95.4 Å². The SMILES string of the molecule is CCOc1ccc(N2C(=O)/C(=C\c3cccc(OC)c3)N=C2c2ccccc2F)cc1. The molecule has 4 rings (SSSR count). The minimum atomic E-state index is -0.451. The second kappa shape index (κ2) is 8.83. The molecule has 6 heteroatoms. The topological polar surface area (TPSA) is 51.1 Å². The van der Waals surface area contributed by atoms with Crippen LogP contribution in [0.15, 0.2) is 83.5 Å². The summed E-state index contributed by atoms with van der Waals surface area (Å²) in [5, 5.41) is 0. The third-order valence-electron chi connectivity index (χ3n) is 4.78. The van der Waals surface area contributed by atoms with Crippen LogP contribution in [-0.2, 0) is 4.79 Å². The van der Waals surface area contributed by atoms with Crippen LogP contribution in [0.1, 0.15) is 18.1 Å². The number of amidine groups is 1. The summed E-state index contributed by atoms with van der Waals surface area (Å²) < 4.78 is 25.3. The maximum atomic E-state index is 14.6. The molecule has 0 spiro atoms. The molecule has 1 amide bonds. The summed E-state index contributed by atoms with van der Waals surface area (Å²) >= 11 is 0. The zero-order valence-corrected chi connectivity index (χ0v) is 17.2. The van der Waals surface area contributed by atoms with Gasteiger partial charge in [0.05, 0.1) is 25.0 Å². The highest BCUT2D eigenvalue weighted by atomic mass is 19.1. The highest BCUT2D eigenvalue weighted by Gasteiger charge is 2.33. The van der Waals surface area contributed by atoms with E-state index in [0.717, 1.165) is 5.56 Å². The molecule has 0 fully saturated rings. The first-order chi connectivity index (χ1) is 15.1. The Morgan fingerprint density at radius 3 is 2.48 bits per heavy atom. The summed E-state index contributed by atoms with van der Waals surface area (Å²) in [4.78, 5) is 19.3. The zero-order valence-electron chi connectivity index (χ0n) is 17.2. The average Bonchev–Trinajstić information content (AvgIpc) is 3.10. The van der Waals surface area contributed by atoms with Gasteiger partial charge in [0.15, 0.2) is 5.84 Å². The summed E-state index contributed by atoms with van der Waals surface area (Å²) in [6.07, 6.45) is 1.67. The summed E-state index contributed by atoms with van der Waals surface area (Å²) in [5.41, 5.74) is 1.79. The van der Waals surface area contributed by atoms with E-state index >= 15 is 0 Å². The Hall–Kier alpha value is -3.93. The number of ether oxygens (including phenoxy) is 2. The third-order valence-corrected chi connectivity index (χ3v) is 4.78. The number of rotatable bonds is 6. The lowest BCUT2D eigenvalue weighted by Gasteiger charge is -2.19. The second-order valence-electron chi connectivity index (χ2n) is 6.79. The number of aliphatic imine (C=N–C) groups is 1. The normalized spacial score (nSPS) is 14.7. The van der Waals surface area contributed by atoms with Gasteiger partial charge in [-0.15, -0.1) is 0 Å². The molecule has 1 heterocycles. The van der Waals surface area contributed by atoms with Crippen molar-refractivity contribution in [2.45, 2.75) is 6.92 Å². The van der Waals surface area contributed by atoms with E-state index < -0.39 is 5.82 Å². The van der Waals surface area contributed by atoms with Gasteiger partial charge in [-0.25, -0.2) is 9.38 Å². The Balaban J connectivity index is 1.79. The van der Waals surface area contributed by atoms with Crippen LogP contribution < -0.4 is 14.4 Å². The molecule has 3 aromatic carbocycles. The number of benzene rings is 3. The Kier molecular flexibility index (Phi) is 5.80. The van der Waals surface area contributed by atoms with E-state index in [0.29, 0.717) is 23.8 Å². The van der Waals surface area contributed by atoms with Crippen molar-refractivity contribution >= 4 is 23.5 Å². The Morgan fingerprint density at radius 1 is 1.00 bits per heavy atom. The van der Waals surface area contributed by atoms with Gasteiger partial charge in [0, 0.05) is 0 Å². The van der Waals surface area contributed by atoms with Gasteiger partial charge in [-0.3, -0.25) is 9.69 Å². The molecule has 1 aliphatic heterocycles. The molecular weight excluding hydrogens is 395 g/mol. The van der Waals surface area contributed by atoms with Crippen molar-refractivity contribution in [2.75, 3.05) is 18.6 Å². The number of hydrogen-bond acceptors (Lipinski definition) is 4. The van der Waals surface area contributed by atoms with Crippen LogP contribution in [-0.4, -0.2) is 25.5 Å². The van der Waals surface area contributed by atoms with Gasteiger partial charge < -0.3 is 9.47 Å². The van der Waals surface area contributed by atoms with Crippen LogP contribution in [0.25, 0.3) is 6.08 Å². The number of nitrogens with zero attached hydrogens (tertiary/aromatic N) is 2.